The first-order valence-corrected chi connectivity index (χ1v) is 7.17. The van der Waals surface area contributed by atoms with Crippen LogP contribution in [0.3, 0.4) is 0 Å². The molecular formula is C15H22F3N3. The number of piperidine rings is 1. The molecule has 3 nitrogen and oxygen atoms in total. The first-order chi connectivity index (χ1) is 9.57. The van der Waals surface area contributed by atoms with Crippen LogP contribution in [0.15, 0.2) is 12.1 Å². The van der Waals surface area contributed by atoms with Gasteiger partial charge in [0.05, 0.1) is 5.56 Å². The van der Waals surface area contributed by atoms with Gasteiger partial charge in [-0.05, 0) is 36.3 Å². The fourth-order valence-corrected chi connectivity index (χ4v) is 2.84. The molecule has 21 heavy (non-hydrogen) atoms. The van der Waals surface area contributed by atoms with E-state index in [0.717, 1.165) is 38.1 Å². The van der Waals surface area contributed by atoms with E-state index in [1.807, 2.05) is 4.90 Å². The van der Waals surface area contributed by atoms with Crippen molar-refractivity contribution in [3.8, 4) is 0 Å². The molecule has 0 saturated carbocycles. The maximum Gasteiger partial charge on any atom is 0.416 e. The lowest BCUT2D eigenvalue weighted by molar-refractivity contribution is -0.137. The van der Waals surface area contributed by atoms with Crippen LogP contribution in [-0.2, 0) is 6.18 Å². The number of hydrogen-bond acceptors (Lipinski definition) is 3. The lowest BCUT2D eigenvalue weighted by Crippen LogP contribution is -2.38. The Morgan fingerprint density at radius 2 is 1.71 bits per heavy atom. The zero-order chi connectivity index (χ0) is 15.8. The number of nitrogens with zero attached hydrogens (tertiary/aromatic N) is 2. The summed E-state index contributed by atoms with van der Waals surface area (Å²) in [6, 6.07) is 1.97. The SMILES string of the molecule is CC(C)(C)C1CCN(c2cc(C(F)(F)F)cc(N)n2)CC1. The number of anilines is 2. The van der Waals surface area contributed by atoms with Gasteiger partial charge in [-0.3, -0.25) is 0 Å². The van der Waals surface area contributed by atoms with Gasteiger partial charge in [-0.2, -0.15) is 13.2 Å². The van der Waals surface area contributed by atoms with Gasteiger partial charge in [-0.25, -0.2) is 4.98 Å². The van der Waals surface area contributed by atoms with Gasteiger partial charge >= 0.3 is 6.18 Å². The molecule has 6 heteroatoms. The van der Waals surface area contributed by atoms with E-state index in [1.165, 1.54) is 0 Å². The van der Waals surface area contributed by atoms with Crippen LogP contribution in [0.2, 0.25) is 0 Å². The summed E-state index contributed by atoms with van der Waals surface area (Å²) in [7, 11) is 0. The van der Waals surface area contributed by atoms with E-state index in [9.17, 15) is 13.2 Å². The van der Waals surface area contributed by atoms with Crippen molar-refractivity contribution in [3.05, 3.63) is 17.7 Å². The van der Waals surface area contributed by atoms with Gasteiger partial charge < -0.3 is 10.6 Å². The summed E-state index contributed by atoms with van der Waals surface area (Å²) in [5.41, 5.74) is 5.02. The second-order valence-corrected chi connectivity index (χ2v) is 6.76. The first-order valence-electron chi connectivity index (χ1n) is 7.17. The molecule has 2 N–H and O–H groups in total. The van der Waals surface area contributed by atoms with Crippen molar-refractivity contribution in [1.82, 2.24) is 4.98 Å². The number of pyridine rings is 1. The Balaban J connectivity index is 2.16. The van der Waals surface area contributed by atoms with Crippen LogP contribution >= 0.6 is 0 Å². The highest BCUT2D eigenvalue weighted by Gasteiger charge is 2.33. The largest absolute Gasteiger partial charge is 0.416 e. The van der Waals surface area contributed by atoms with Gasteiger partial charge in [0.15, 0.2) is 0 Å². The molecular weight excluding hydrogens is 279 g/mol. The fraction of sp³-hybridized carbons (Fsp3) is 0.667. The molecule has 0 amide bonds. The number of halogens is 3. The molecule has 118 valence electrons. The number of aromatic nitrogens is 1. The summed E-state index contributed by atoms with van der Waals surface area (Å²) in [5.74, 6) is 0.823. The molecule has 0 aliphatic carbocycles. The van der Waals surface area contributed by atoms with Gasteiger partial charge in [0, 0.05) is 13.1 Å². The summed E-state index contributed by atoms with van der Waals surface area (Å²) in [6.07, 6.45) is -2.47. The van der Waals surface area contributed by atoms with Crippen LogP contribution in [-0.4, -0.2) is 18.1 Å². The molecule has 0 unspecified atom stereocenters. The molecule has 1 saturated heterocycles. The summed E-state index contributed by atoms with van der Waals surface area (Å²) >= 11 is 0. The molecule has 1 aliphatic heterocycles. The second kappa shape index (κ2) is 5.39. The maximum absolute atomic E-state index is 12.8. The van der Waals surface area contributed by atoms with Gasteiger partial charge in [0.2, 0.25) is 0 Å². The summed E-state index contributed by atoms with van der Waals surface area (Å²) in [4.78, 5) is 5.96. The normalized spacial score (nSPS) is 18.1. The van der Waals surface area contributed by atoms with Crippen molar-refractivity contribution in [1.29, 1.82) is 0 Å². The number of hydrogen-bond donors (Lipinski definition) is 1. The van der Waals surface area contributed by atoms with E-state index < -0.39 is 11.7 Å². The Hall–Kier alpha value is -1.46. The highest BCUT2D eigenvalue weighted by molar-refractivity contribution is 5.49. The minimum atomic E-state index is -4.39. The van der Waals surface area contributed by atoms with Crippen molar-refractivity contribution in [2.75, 3.05) is 23.7 Å². The summed E-state index contributed by atoms with van der Waals surface area (Å²) in [5, 5.41) is 0. The van der Waals surface area contributed by atoms with Crippen molar-refractivity contribution in [2.24, 2.45) is 11.3 Å². The van der Waals surface area contributed by atoms with Crippen LogP contribution in [0.4, 0.5) is 24.8 Å². The average molecular weight is 301 g/mol. The Labute approximate surface area is 123 Å². The second-order valence-electron chi connectivity index (χ2n) is 6.76. The molecule has 1 aliphatic rings. The predicted molar refractivity (Wildman–Crippen MR) is 78.0 cm³/mol. The van der Waals surface area contributed by atoms with Crippen molar-refractivity contribution < 1.29 is 13.2 Å². The highest BCUT2D eigenvalue weighted by Crippen LogP contribution is 2.37. The predicted octanol–water partition coefficient (Wildman–Crippen LogP) is 3.95. The summed E-state index contributed by atoms with van der Waals surface area (Å²) in [6.45, 7) is 8.04. The van der Waals surface area contributed by atoms with E-state index in [4.69, 9.17) is 5.73 Å². The molecule has 0 aromatic carbocycles. The Bertz CT molecular complexity index is 498. The van der Waals surface area contributed by atoms with E-state index in [0.29, 0.717) is 11.7 Å². The number of alkyl halides is 3. The van der Waals surface area contributed by atoms with Crippen LogP contribution in [0, 0.1) is 11.3 Å². The van der Waals surface area contributed by atoms with E-state index in [1.54, 1.807) is 0 Å². The third kappa shape index (κ3) is 3.80. The van der Waals surface area contributed by atoms with Crippen LogP contribution < -0.4 is 10.6 Å². The molecule has 1 aromatic rings. The van der Waals surface area contributed by atoms with E-state index in [2.05, 4.69) is 25.8 Å². The monoisotopic (exact) mass is 301 g/mol. The number of nitrogen functional groups attached to an aromatic ring is 1. The Morgan fingerprint density at radius 3 is 2.19 bits per heavy atom. The molecule has 1 fully saturated rings. The maximum atomic E-state index is 12.8. The molecule has 2 rings (SSSR count). The minimum Gasteiger partial charge on any atom is -0.384 e. The fourth-order valence-electron chi connectivity index (χ4n) is 2.84. The Morgan fingerprint density at radius 1 is 1.14 bits per heavy atom. The number of nitrogens with two attached hydrogens (primary N) is 1. The Kier molecular flexibility index (Phi) is 4.08. The van der Waals surface area contributed by atoms with Crippen molar-refractivity contribution in [2.45, 2.75) is 39.8 Å². The van der Waals surface area contributed by atoms with Gasteiger partial charge in [0.25, 0.3) is 0 Å². The third-order valence-corrected chi connectivity index (χ3v) is 4.20. The van der Waals surface area contributed by atoms with Crippen LogP contribution in [0.1, 0.15) is 39.2 Å². The molecule has 0 bridgehead atoms. The molecule has 2 heterocycles. The minimum absolute atomic E-state index is 0.0854. The smallest absolute Gasteiger partial charge is 0.384 e. The van der Waals surface area contributed by atoms with Crippen LogP contribution in [0.5, 0.6) is 0 Å². The lowest BCUT2D eigenvalue weighted by atomic mass is 9.75. The zero-order valence-corrected chi connectivity index (χ0v) is 12.7. The van der Waals surface area contributed by atoms with Gasteiger partial charge in [0.1, 0.15) is 11.6 Å². The zero-order valence-electron chi connectivity index (χ0n) is 12.7. The third-order valence-electron chi connectivity index (χ3n) is 4.20. The standard InChI is InChI=1S/C15H22F3N3/c1-14(2,3)10-4-6-21(7-5-10)13-9-11(15(16,17)18)8-12(19)20-13/h8-10H,4-7H2,1-3H3,(H2,19,20). The molecule has 0 atom stereocenters. The highest BCUT2D eigenvalue weighted by atomic mass is 19.4. The lowest BCUT2D eigenvalue weighted by Gasteiger charge is -2.39. The quantitative estimate of drug-likeness (QED) is 0.854. The van der Waals surface area contributed by atoms with E-state index in [-0.39, 0.29) is 11.2 Å². The van der Waals surface area contributed by atoms with Gasteiger partial charge in [-0.15, -0.1) is 0 Å². The van der Waals surface area contributed by atoms with Gasteiger partial charge in [-0.1, -0.05) is 20.8 Å². The molecule has 0 radical (unpaired) electrons. The van der Waals surface area contributed by atoms with Crippen molar-refractivity contribution in [3.63, 3.8) is 0 Å². The number of rotatable bonds is 1. The summed E-state index contributed by atoms with van der Waals surface area (Å²) < 4.78 is 38.5. The molecule has 1 aromatic heterocycles. The first kappa shape index (κ1) is 15.9. The average Bonchev–Trinajstić information content (AvgIpc) is 2.36. The van der Waals surface area contributed by atoms with Crippen LogP contribution in [0.25, 0.3) is 0 Å². The van der Waals surface area contributed by atoms with Crippen molar-refractivity contribution >= 4 is 11.6 Å². The molecule has 0 spiro atoms. The van der Waals surface area contributed by atoms with E-state index >= 15 is 0 Å². The topological polar surface area (TPSA) is 42.1 Å².